The topological polar surface area (TPSA) is 45.4 Å². The first-order valence-electron chi connectivity index (χ1n) is 4.17. The van der Waals surface area contributed by atoms with E-state index in [4.69, 9.17) is 5.73 Å². The molecule has 0 amide bonds. The first-order valence-corrected chi connectivity index (χ1v) is 4.17. The van der Waals surface area contributed by atoms with Gasteiger partial charge in [0.25, 0.3) is 0 Å². The van der Waals surface area contributed by atoms with Crippen LogP contribution in [0.4, 0.5) is 11.4 Å². The van der Waals surface area contributed by atoms with Gasteiger partial charge in [-0.3, -0.25) is 0 Å². The van der Waals surface area contributed by atoms with Gasteiger partial charge in [-0.1, -0.05) is 11.3 Å². The van der Waals surface area contributed by atoms with E-state index in [9.17, 15) is 5.21 Å². The summed E-state index contributed by atoms with van der Waals surface area (Å²) >= 11 is 0. The van der Waals surface area contributed by atoms with Crippen LogP contribution in [-0.4, -0.2) is 5.54 Å². The van der Waals surface area contributed by atoms with Crippen LogP contribution in [0.15, 0.2) is 24.3 Å². The van der Waals surface area contributed by atoms with Gasteiger partial charge in [-0.2, -0.15) is 5.73 Å². The fourth-order valence-electron chi connectivity index (χ4n) is 1.01. The lowest BCUT2D eigenvalue weighted by molar-refractivity contribution is 0.102. The van der Waals surface area contributed by atoms with E-state index in [2.05, 4.69) is 0 Å². The van der Waals surface area contributed by atoms with E-state index >= 15 is 0 Å². The van der Waals surface area contributed by atoms with Crippen LogP contribution >= 0.6 is 0 Å². The molecule has 0 saturated carbocycles. The number of hydrogen-bond donors (Lipinski definition) is 0. The highest BCUT2D eigenvalue weighted by Crippen LogP contribution is 2.23. The van der Waals surface area contributed by atoms with Crippen LogP contribution in [0.5, 0.6) is 0 Å². The fourth-order valence-corrected chi connectivity index (χ4v) is 1.01. The minimum absolute atomic E-state index is 0.114. The van der Waals surface area contributed by atoms with Crippen molar-refractivity contribution in [3.8, 4) is 0 Å². The van der Waals surface area contributed by atoms with Crippen molar-refractivity contribution in [2.45, 2.75) is 26.3 Å². The van der Waals surface area contributed by atoms with E-state index in [0.29, 0.717) is 5.69 Å². The van der Waals surface area contributed by atoms with Crippen LogP contribution in [0.25, 0.3) is 0 Å². The quantitative estimate of drug-likeness (QED) is 0.607. The molecule has 1 aromatic carbocycles. The third-order valence-electron chi connectivity index (χ3n) is 1.67. The number of nitrogens with zero attached hydrogens (tertiary/aromatic N) is 2. The molecule has 1 aromatic rings. The van der Waals surface area contributed by atoms with Gasteiger partial charge in [0.2, 0.25) is 0 Å². The van der Waals surface area contributed by atoms with Gasteiger partial charge in [0.1, 0.15) is 0 Å². The molecule has 3 nitrogen and oxygen atoms in total. The number of rotatable bonds is 1. The summed E-state index contributed by atoms with van der Waals surface area (Å²) in [5.74, 6) is 0. The van der Waals surface area contributed by atoms with Crippen molar-refractivity contribution in [1.29, 1.82) is 0 Å². The molecule has 0 unspecified atom stereocenters. The van der Waals surface area contributed by atoms with Crippen molar-refractivity contribution in [1.82, 2.24) is 5.73 Å². The Balaban J connectivity index is 2.96. The fraction of sp³-hybridized carbons (Fsp3) is 0.400. The molecule has 1 rings (SSSR count). The van der Waals surface area contributed by atoms with Crippen molar-refractivity contribution in [3.63, 3.8) is 0 Å². The average molecular weight is 177 g/mol. The van der Waals surface area contributed by atoms with Crippen LogP contribution in [0.1, 0.15) is 20.8 Å². The third-order valence-corrected chi connectivity index (χ3v) is 1.67. The molecule has 0 aliphatic heterocycles. The van der Waals surface area contributed by atoms with Crippen molar-refractivity contribution in [2.75, 3.05) is 5.06 Å². The zero-order chi connectivity index (χ0) is 10.1. The van der Waals surface area contributed by atoms with E-state index in [1.54, 1.807) is 18.2 Å². The highest BCUT2D eigenvalue weighted by molar-refractivity contribution is 5.53. The number of anilines is 1. The Morgan fingerprint density at radius 2 is 1.92 bits per heavy atom. The largest absolute Gasteiger partial charge is 0.215 e. The predicted octanol–water partition coefficient (Wildman–Crippen LogP) is 2.34. The van der Waals surface area contributed by atoms with Crippen molar-refractivity contribution >= 4 is 11.4 Å². The summed E-state index contributed by atoms with van der Waals surface area (Å²) in [7, 11) is 0. The first-order chi connectivity index (χ1) is 5.91. The Morgan fingerprint density at radius 1 is 1.31 bits per heavy atom. The summed E-state index contributed by atoms with van der Waals surface area (Å²) in [5.41, 5.74) is 9.28. The van der Waals surface area contributed by atoms with Crippen molar-refractivity contribution in [3.05, 3.63) is 24.3 Å². The molecule has 0 spiro atoms. The molecule has 0 aliphatic rings. The zero-order valence-corrected chi connectivity index (χ0v) is 8.11. The van der Waals surface area contributed by atoms with Gasteiger partial charge in [0, 0.05) is 0 Å². The molecule has 0 saturated heterocycles. The summed E-state index contributed by atoms with van der Waals surface area (Å²) in [4.78, 5) is 0. The monoisotopic (exact) mass is 177 g/mol. The Kier molecular flexibility index (Phi) is 2.48. The number of benzene rings is 1. The number of hydroxylamine groups is 1. The molecule has 0 aliphatic carbocycles. The Hall–Kier alpha value is -1.22. The van der Waals surface area contributed by atoms with Crippen LogP contribution in [-0.2, 0) is 5.21 Å². The average Bonchev–Trinajstić information content (AvgIpc) is 2.01. The molecular formula is C10H13N2O. The van der Waals surface area contributed by atoms with Gasteiger partial charge in [-0.05, 0) is 39.0 Å². The molecule has 3 radical (unpaired) electrons. The summed E-state index contributed by atoms with van der Waals surface area (Å²) < 4.78 is 0. The molecule has 0 atom stereocenters. The lowest BCUT2D eigenvalue weighted by Crippen LogP contribution is -2.37. The van der Waals surface area contributed by atoms with E-state index in [0.717, 1.165) is 5.06 Å². The lowest BCUT2D eigenvalue weighted by atomic mass is 10.1. The van der Waals surface area contributed by atoms with Gasteiger partial charge < -0.3 is 0 Å². The molecule has 0 heterocycles. The minimum Gasteiger partial charge on any atom is -0.215 e. The summed E-state index contributed by atoms with van der Waals surface area (Å²) in [6, 6.07) is 6.33. The van der Waals surface area contributed by atoms with Crippen molar-refractivity contribution in [2.24, 2.45) is 0 Å². The first kappa shape index (κ1) is 9.86. The molecule has 13 heavy (non-hydrogen) atoms. The summed E-state index contributed by atoms with van der Waals surface area (Å²) in [6.07, 6.45) is 0. The molecule has 0 fully saturated rings. The smallest absolute Gasteiger partial charge is 0.0878 e. The summed E-state index contributed by atoms with van der Waals surface area (Å²) in [5, 5.41) is 12.5. The van der Waals surface area contributed by atoms with E-state index < -0.39 is 5.54 Å². The van der Waals surface area contributed by atoms with Crippen molar-refractivity contribution < 1.29 is 5.21 Å². The van der Waals surface area contributed by atoms with Crippen LogP contribution < -0.4 is 10.8 Å². The standard InChI is InChI=1S/C10H13N2O/c1-10(2,3)12(13)9-6-4-5-8(11)7-9/h4-7H,1-3H3. The minimum atomic E-state index is -0.478. The Bertz CT molecular complexity index is 291. The molecule has 3 heteroatoms. The van der Waals surface area contributed by atoms with Crippen LogP contribution in [0, 0.1) is 0 Å². The second kappa shape index (κ2) is 3.26. The van der Waals surface area contributed by atoms with Gasteiger partial charge in [0.15, 0.2) is 0 Å². The van der Waals surface area contributed by atoms with Gasteiger partial charge >= 0.3 is 0 Å². The van der Waals surface area contributed by atoms with Gasteiger partial charge in [0.05, 0.1) is 16.9 Å². The molecule has 0 N–H and O–H groups in total. The van der Waals surface area contributed by atoms with Gasteiger partial charge in [-0.15, -0.1) is 0 Å². The maximum absolute atomic E-state index is 11.6. The molecule has 0 bridgehead atoms. The van der Waals surface area contributed by atoms with Crippen LogP contribution in [0.2, 0.25) is 0 Å². The maximum atomic E-state index is 11.6. The highest BCUT2D eigenvalue weighted by atomic mass is 16.5. The Labute approximate surface area is 78.7 Å². The van der Waals surface area contributed by atoms with Crippen LogP contribution in [0.3, 0.4) is 0 Å². The second-order valence-corrected chi connectivity index (χ2v) is 3.99. The SMILES string of the molecule is CC(C)(C)N([O])c1cccc([N])c1. The summed E-state index contributed by atoms with van der Waals surface area (Å²) in [6.45, 7) is 5.47. The second-order valence-electron chi connectivity index (χ2n) is 3.99. The van der Waals surface area contributed by atoms with E-state index in [1.807, 2.05) is 20.8 Å². The third kappa shape index (κ3) is 2.36. The van der Waals surface area contributed by atoms with E-state index in [1.165, 1.54) is 6.07 Å². The molecular weight excluding hydrogens is 164 g/mol. The Morgan fingerprint density at radius 3 is 2.38 bits per heavy atom. The number of hydrogen-bond acceptors (Lipinski definition) is 1. The maximum Gasteiger partial charge on any atom is 0.0878 e. The predicted molar refractivity (Wildman–Crippen MR) is 51.2 cm³/mol. The molecule has 0 aromatic heterocycles. The normalized spacial score (nSPS) is 11.4. The van der Waals surface area contributed by atoms with Gasteiger partial charge in [-0.25, -0.2) is 5.06 Å². The van der Waals surface area contributed by atoms with E-state index in [-0.39, 0.29) is 5.69 Å². The highest BCUT2D eigenvalue weighted by Gasteiger charge is 2.21. The zero-order valence-electron chi connectivity index (χ0n) is 8.11. The lowest BCUT2D eigenvalue weighted by Gasteiger charge is -2.28. The molecule has 69 valence electrons.